The van der Waals surface area contributed by atoms with Crippen molar-refractivity contribution < 1.29 is 5.11 Å². The largest absolute Gasteiger partial charge is 0.391 e. The maximum Gasteiger partial charge on any atom is 0.0724 e. The second-order valence-corrected chi connectivity index (χ2v) is 6.33. The summed E-state index contributed by atoms with van der Waals surface area (Å²) in [6.07, 6.45) is 10.0. The van der Waals surface area contributed by atoms with Crippen molar-refractivity contribution in [2.75, 3.05) is 0 Å². The van der Waals surface area contributed by atoms with E-state index in [1.54, 1.807) is 0 Å². The molecular weight excluding hydrogens is 258 g/mol. The van der Waals surface area contributed by atoms with Gasteiger partial charge in [-0.1, -0.05) is 52.0 Å². The van der Waals surface area contributed by atoms with E-state index in [0.717, 1.165) is 18.8 Å². The van der Waals surface area contributed by atoms with Crippen molar-refractivity contribution in [3.63, 3.8) is 0 Å². The highest BCUT2D eigenvalue weighted by molar-refractivity contribution is 5.85. The second kappa shape index (κ2) is 9.79. The first-order valence-corrected chi connectivity index (χ1v) is 7.60. The van der Waals surface area contributed by atoms with Gasteiger partial charge in [-0.15, -0.1) is 19.0 Å². The lowest BCUT2D eigenvalue weighted by molar-refractivity contribution is 0.0501. The maximum absolute atomic E-state index is 10.4. The number of halogens is 1. The Morgan fingerprint density at radius 2 is 1.84 bits per heavy atom. The quantitative estimate of drug-likeness (QED) is 0.698. The minimum absolute atomic E-state index is 0. The summed E-state index contributed by atoms with van der Waals surface area (Å²) in [5.74, 6) is 1.44. The molecule has 0 aromatic heterocycles. The molecule has 0 aliphatic heterocycles. The molecule has 3 atom stereocenters. The van der Waals surface area contributed by atoms with Gasteiger partial charge in [0.15, 0.2) is 0 Å². The molecule has 3 unspecified atom stereocenters. The molecule has 0 heterocycles. The molecule has 1 saturated carbocycles. The molecule has 0 radical (unpaired) electrons. The predicted molar refractivity (Wildman–Crippen MR) is 85.6 cm³/mol. The van der Waals surface area contributed by atoms with Crippen LogP contribution >= 0.6 is 12.4 Å². The van der Waals surface area contributed by atoms with Gasteiger partial charge in [0.25, 0.3) is 0 Å². The van der Waals surface area contributed by atoms with Crippen LogP contribution in [0.1, 0.15) is 58.8 Å². The number of hydrogen-bond acceptors (Lipinski definition) is 2. The summed E-state index contributed by atoms with van der Waals surface area (Å²) in [6.45, 7) is 8.10. The summed E-state index contributed by atoms with van der Waals surface area (Å²) >= 11 is 0. The highest BCUT2D eigenvalue weighted by Crippen LogP contribution is 2.30. The van der Waals surface area contributed by atoms with Crippen molar-refractivity contribution >= 4 is 12.4 Å². The van der Waals surface area contributed by atoms with Crippen LogP contribution in [0.4, 0.5) is 0 Å². The smallest absolute Gasteiger partial charge is 0.0724 e. The lowest BCUT2D eigenvalue weighted by atomic mass is 9.79. The fourth-order valence-electron chi connectivity index (χ4n) is 3.26. The van der Waals surface area contributed by atoms with E-state index >= 15 is 0 Å². The zero-order chi connectivity index (χ0) is 13.5. The zero-order valence-electron chi connectivity index (χ0n) is 12.6. The Morgan fingerprint density at radius 1 is 1.26 bits per heavy atom. The van der Waals surface area contributed by atoms with Crippen LogP contribution in [0.2, 0.25) is 0 Å². The van der Waals surface area contributed by atoms with Gasteiger partial charge in [0.05, 0.1) is 6.10 Å². The predicted octanol–water partition coefficient (Wildman–Crippen LogP) is 3.92. The number of nitrogens with two attached hydrogens (primary N) is 1. The van der Waals surface area contributed by atoms with Crippen LogP contribution in [0.25, 0.3) is 0 Å². The van der Waals surface area contributed by atoms with Gasteiger partial charge in [-0.3, -0.25) is 0 Å². The summed E-state index contributed by atoms with van der Waals surface area (Å²) in [7, 11) is 0. The van der Waals surface area contributed by atoms with Crippen molar-refractivity contribution in [2.45, 2.75) is 70.9 Å². The highest BCUT2D eigenvalue weighted by atomic mass is 35.5. The summed E-state index contributed by atoms with van der Waals surface area (Å²) in [4.78, 5) is 0. The van der Waals surface area contributed by atoms with E-state index in [4.69, 9.17) is 5.73 Å². The molecule has 2 nitrogen and oxygen atoms in total. The molecule has 0 bridgehead atoms. The average molecular weight is 290 g/mol. The van der Waals surface area contributed by atoms with Crippen LogP contribution in [0, 0.1) is 17.8 Å². The lowest BCUT2D eigenvalue weighted by Crippen LogP contribution is -2.43. The Hall–Kier alpha value is -0.0500. The van der Waals surface area contributed by atoms with Crippen molar-refractivity contribution in [2.24, 2.45) is 23.5 Å². The molecule has 1 fully saturated rings. The molecular formula is C16H32ClNO. The van der Waals surface area contributed by atoms with Crippen LogP contribution in [-0.4, -0.2) is 17.3 Å². The molecule has 0 saturated heterocycles. The fourth-order valence-corrected chi connectivity index (χ4v) is 3.26. The molecule has 1 aliphatic rings. The van der Waals surface area contributed by atoms with E-state index in [-0.39, 0.29) is 30.5 Å². The lowest BCUT2D eigenvalue weighted by Gasteiger charge is -2.32. The van der Waals surface area contributed by atoms with Gasteiger partial charge in [0.2, 0.25) is 0 Å². The molecule has 0 spiro atoms. The minimum atomic E-state index is -0.384. The van der Waals surface area contributed by atoms with Crippen LogP contribution in [-0.2, 0) is 0 Å². The summed E-state index contributed by atoms with van der Waals surface area (Å²) < 4.78 is 0. The molecule has 3 heteroatoms. The molecule has 0 amide bonds. The third-order valence-electron chi connectivity index (χ3n) is 4.50. The molecule has 114 valence electrons. The number of hydrogen-bond donors (Lipinski definition) is 2. The van der Waals surface area contributed by atoms with Crippen molar-refractivity contribution in [1.82, 2.24) is 0 Å². The molecule has 19 heavy (non-hydrogen) atoms. The number of rotatable bonds is 7. The topological polar surface area (TPSA) is 46.2 Å². The van der Waals surface area contributed by atoms with E-state index in [0.29, 0.717) is 5.92 Å². The number of allylic oxidation sites excluding steroid dienone is 1. The van der Waals surface area contributed by atoms with Crippen molar-refractivity contribution in [3.8, 4) is 0 Å². The monoisotopic (exact) mass is 289 g/mol. The summed E-state index contributed by atoms with van der Waals surface area (Å²) in [5, 5.41) is 10.4. The van der Waals surface area contributed by atoms with Gasteiger partial charge < -0.3 is 10.8 Å². The zero-order valence-corrected chi connectivity index (χ0v) is 13.4. The van der Waals surface area contributed by atoms with Crippen LogP contribution in [0.15, 0.2) is 12.7 Å². The average Bonchev–Trinajstić information content (AvgIpc) is 2.36. The van der Waals surface area contributed by atoms with Gasteiger partial charge in [-0.05, 0) is 30.6 Å². The standard InChI is InChI=1S/C16H31NO.ClH/c1-4-8-14(12(2)3)16(18)15(17)11-13-9-6-5-7-10-13;/h4,12-16,18H,1,5-11,17H2,2-3H3;1H. The molecule has 1 rings (SSSR count). The van der Waals surface area contributed by atoms with Crippen molar-refractivity contribution in [1.29, 1.82) is 0 Å². The Bertz CT molecular complexity index is 239. The second-order valence-electron chi connectivity index (χ2n) is 6.33. The Morgan fingerprint density at radius 3 is 2.32 bits per heavy atom. The van der Waals surface area contributed by atoms with Crippen LogP contribution < -0.4 is 5.73 Å². The first kappa shape index (κ1) is 18.9. The maximum atomic E-state index is 10.4. The van der Waals surface area contributed by atoms with Gasteiger partial charge in [0.1, 0.15) is 0 Å². The minimum Gasteiger partial charge on any atom is -0.391 e. The molecule has 3 N–H and O–H groups in total. The van der Waals surface area contributed by atoms with Gasteiger partial charge in [0, 0.05) is 6.04 Å². The normalized spacial score (nSPS) is 21.5. The Balaban J connectivity index is 0.00000324. The van der Waals surface area contributed by atoms with E-state index in [1.165, 1.54) is 32.1 Å². The van der Waals surface area contributed by atoms with E-state index in [2.05, 4.69) is 20.4 Å². The first-order chi connectivity index (χ1) is 8.56. The van der Waals surface area contributed by atoms with E-state index in [1.807, 2.05) is 6.08 Å². The van der Waals surface area contributed by atoms with Crippen LogP contribution in [0.5, 0.6) is 0 Å². The third-order valence-corrected chi connectivity index (χ3v) is 4.50. The Labute approximate surface area is 125 Å². The van der Waals surface area contributed by atoms with E-state index < -0.39 is 0 Å². The third kappa shape index (κ3) is 6.29. The SMILES string of the molecule is C=CCC(C(C)C)C(O)C(N)CC1CCCCC1.Cl. The number of aliphatic hydroxyl groups is 1. The van der Waals surface area contributed by atoms with Gasteiger partial charge >= 0.3 is 0 Å². The Kier molecular flexibility index (Phi) is 9.77. The summed E-state index contributed by atoms with van der Waals surface area (Å²) in [5.41, 5.74) is 6.23. The van der Waals surface area contributed by atoms with E-state index in [9.17, 15) is 5.11 Å². The van der Waals surface area contributed by atoms with Gasteiger partial charge in [-0.25, -0.2) is 0 Å². The first-order valence-electron chi connectivity index (χ1n) is 7.60. The van der Waals surface area contributed by atoms with Crippen LogP contribution in [0.3, 0.4) is 0 Å². The highest BCUT2D eigenvalue weighted by Gasteiger charge is 2.28. The molecule has 1 aliphatic carbocycles. The molecule has 0 aromatic carbocycles. The van der Waals surface area contributed by atoms with Gasteiger partial charge in [-0.2, -0.15) is 0 Å². The van der Waals surface area contributed by atoms with Crippen molar-refractivity contribution in [3.05, 3.63) is 12.7 Å². The fraction of sp³-hybridized carbons (Fsp3) is 0.875. The molecule has 0 aromatic rings. The number of aliphatic hydroxyl groups excluding tert-OH is 1. The summed E-state index contributed by atoms with van der Waals surface area (Å²) in [6, 6.07) is -0.0690.